The number of ether oxygens (including phenoxy) is 2. The molecule has 1 aliphatic rings. The first kappa shape index (κ1) is 24.3. The second-order valence-corrected chi connectivity index (χ2v) is 9.55. The Morgan fingerprint density at radius 3 is 2.71 bits per heavy atom. The van der Waals surface area contributed by atoms with E-state index in [1.54, 1.807) is 0 Å². The van der Waals surface area contributed by atoms with Crippen LogP contribution in [0.1, 0.15) is 62.6 Å². The number of aromatic nitrogens is 1. The maximum absolute atomic E-state index is 12.6. The average Bonchev–Trinajstić information content (AvgIpc) is 3.32. The normalized spacial score (nSPS) is 12.8. The van der Waals surface area contributed by atoms with Crippen molar-refractivity contribution < 1.29 is 14.3 Å². The number of hydrogen-bond acceptors (Lipinski definition) is 5. The molecule has 0 saturated carbocycles. The van der Waals surface area contributed by atoms with Gasteiger partial charge >= 0.3 is 0 Å². The number of unbranched alkanes of at least 4 members (excludes halogenated alkanes) is 1. The molecule has 0 aliphatic heterocycles. The van der Waals surface area contributed by atoms with E-state index in [0.29, 0.717) is 31.2 Å². The summed E-state index contributed by atoms with van der Waals surface area (Å²) in [5, 5.41) is 5.63. The molecule has 1 aliphatic carbocycles. The number of carbonyl (C=O) groups excluding carboxylic acids is 1. The van der Waals surface area contributed by atoms with Crippen molar-refractivity contribution in [1.82, 2.24) is 4.98 Å². The molecule has 0 atom stereocenters. The molecule has 0 unspecified atom stereocenters. The lowest BCUT2D eigenvalue weighted by atomic mass is 9.90. The summed E-state index contributed by atoms with van der Waals surface area (Å²) in [5.74, 6) is 1.47. The Morgan fingerprint density at radius 1 is 1.03 bits per heavy atom. The predicted octanol–water partition coefficient (Wildman–Crippen LogP) is 6.84. The van der Waals surface area contributed by atoms with Crippen molar-refractivity contribution in [1.29, 1.82) is 0 Å². The summed E-state index contributed by atoms with van der Waals surface area (Å²) in [4.78, 5) is 17.2. The van der Waals surface area contributed by atoms with Gasteiger partial charge in [-0.1, -0.05) is 31.5 Å². The number of thiazole rings is 1. The van der Waals surface area contributed by atoms with Gasteiger partial charge in [-0.2, -0.15) is 0 Å². The van der Waals surface area contributed by atoms with Crippen LogP contribution >= 0.6 is 11.3 Å². The van der Waals surface area contributed by atoms with Gasteiger partial charge in [-0.25, -0.2) is 4.98 Å². The third-order valence-electron chi connectivity index (χ3n) is 6.10. The van der Waals surface area contributed by atoms with Crippen LogP contribution in [-0.2, 0) is 24.1 Å². The lowest BCUT2D eigenvalue weighted by molar-refractivity contribution is -0.116. The highest BCUT2D eigenvalue weighted by molar-refractivity contribution is 7.14. The third-order valence-corrected chi connectivity index (χ3v) is 6.86. The Labute approximate surface area is 206 Å². The topological polar surface area (TPSA) is 60.5 Å². The molecule has 0 saturated heterocycles. The van der Waals surface area contributed by atoms with Gasteiger partial charge in [-0.3, -0.25) is 4.79 Å². The molecule has 1 N–H and O–H groups in total. The maximum Gasteiger partial charge on any atom is 0.226 e. The molecule has 1 amide bonds. The molecule has 1 heterocycles. The van der Waals surface area contributed by atoms with Gasteiger partial charge in [0.05, 0.1) is 18.9 Å². The fourth-order valence-corrected chi connectivity index (χ4v) is 4.95. The van der Waals surface area contributed by atoms with Crippen LogP contribution in [0.5, 0.6) is 11.5 Å². The first-order chi connectivity index (χ1) is 16.7. The molecule has 1 aromatic heterocycles. The Kier molecular flexibility index (Phi) is 8.58. The summed E-state index contributed by atoms with van der Waals surface area (Å²) >= 11 is 1.47. The van der Waals surface area contributed by atoms with E-state index in [0.717, 1.165) is 47.6 Å². The number of anilines is 1. The first-order valence-corrected chi connectivity index (χ1v) is 13.3. The van der Waals surface area contributed by atoms with E-state index >= 15 is 0 Å². The number of nitrogens with zero attached hydrogens (tertiary/aromatic N) is 1. The van der Waals surface area contributed by atoms with Crippen molar-refractivity contribution in [3.05, 3.63) is 58.5 Å². The zero-order valence-corrected chi connectivity index (χ0v) is 21.0. The van der Waals surface area contributed by atoms with Crippen LogP contribution in [0.15, 0.2) is 41.8 Å². The number of hydrogen-bond donors (Lipinski definition) is 1. The van der Waals surface area contributed by atoms with Crippen molar-refractivity contribution in [2.45, 2.75) is 65.2 Å². The molecule has 180 valence electrons. The van der Waals surface area contributed by atoms with Gasteiger partial charge in [-0.15, -0.1) is 11.3 Å². The van der Waals surface area contributed by atoms with E-state index < -0.39 is 0 Å². The molecule has 6 heteroatoms. The second kappa shape index (κ2) is 12.0. The number of fused-ring (bicyclic) bond motifs is 1. The van der Waals surface area contributed by atoms with E-state index in [4.69, 9.17) is 9.47 Å². The molecule has 34 heavy (non-hydrogen) atoms. The standard InChI is InChI=1S/C28H34N2O3S/c1-3-5-16-33-25-14-10-20(17-26(25)32-4-2)11-15-27(31)30-28-29-24(19-34-28)23-13-12-21-8-6-7-9-22(21)18-23/h10,12-14,17-19H,3-9,11,15-16H2,1-2H3,(H,29,30,31). The van der Waals surface area contributed by atoms with E-state index in [2.05, 4.69) is 35.4 Å². The highest BCUT2D eigenvalue weighted by Gasteiger charge is 2.13. The molecule has 0 bridgehead atoms. The number of aryl methyl sites for hydroxylation is 3. The largest absolute Gasteiger partial charge is 0.490 e. The smallest absolute Gasteiger partial charge is 0.226 e. The Bertz CT molecular complexity index is 1110. The van der Waals surface area contributed by atoms with Gasteiger partial charge in [0.25, 0.3) is 0 Å². The van der Waals surface area contributed by atoms with E-state index in [-0.39, 0.29) is 5.91 Å². The van der Waals surface area contributed by atoms with Crippen LogP contribution in [-0.4, -0.2) is 24.1 Å². The molecule has 0 fully saturated rings. The van der Waals surface area contributed by atoms with Crippen LogP contribution in [0, 0.1) is 0 Å². The summed E-state index contributed by atoms with van der Waals surface area (Å²) < 4.78 is 11.6. The van der Waals surface area contributed by atoms with E-state index in [9.17, 15) is 4.79 Å². The third kappa shape index (κ3) is 6.38. The molecule has 4 rings (SSSR count). The van der Waals surface area contributed by atoms with Crippen LogP contribution in [0.3, 0.4) is 0 Å². The van der Waals surface area contributed by atoms with E-state index in [1.165, 1.54) is 41.7 Å². The molecular weight excluding hydrogens is 444 g/mol. The highest BCUT2D eigenvalue weighted by Crippen LogP contribution is 2.31. The first-order valence-electron chi connectivity index (χ1n) is 12.4. The van der Waals surface area contributed by atoms with Gasteiger partial charge in [0, 0.05) is 17.4 Å². The van der Waals surface area contributed by atoms with Crippen molar-refractivity contribution in [3.8, 4) is 22.8 Å². The number of rotatable bonds is 11. The van der Waals surface area contributed by atoms with E-state index in [1.807, 2.05) is 30.5 Å². The molecule has 3 aromatic rings. The van der Waals surface area contributed by atoms with Gasteiger partial charge in [0.15, 0.2) is 16.6 Å². The van der Waals surface area contributed by atoms with Crippen LogP contribution < -0.4 is 14.8 Å². The monoisotopic (exact) mass is 478 g/mol. The summed E-state index contributed by atoms with van der Waals surface area (Å²) in [6, 6.07) is 12.6. The van der Waals surface area contributed by atoms with Crippen molar-refractivity contribution in [2.24, 2.45) is 0 Å². The van der Waals surface area contributed by atoms with Crippen LogP contribution in [0.25, 0.3) is 11.3 Å². The fourth-order valence-electron chi connectivity index (χ4n) is 4.22. The summed E-state index contributed by atoms with van der Waals surface area (Å²) in [6.07, 6.45) is 7.98. The van der Waals surface area contributed by atoms with Crippen LogP contribution in [0.2, 0.25) is 0 Å². The quantitative estimate of drug-likeness (QED) is 0.307. The fraction of sp³-hybridized carbons (Fsp3) is 0.429. The molecule has 5 nitrogen and oxygen atoms in total. The zero-order chi connectivity index (χ0) is 23.8. The molecule has 2 aromatic carbocycles. The SMILES string of the molecule is CCCCOc1ccc(CCC(=O)Nc2nc(-c3ccc4c(c3)CCCC4)cs2)cc1OCC. The minimum atomic E-state index is -0.0347. The Hall–Kier alpha value is -2.86. The summed E-state index contributed by atoms with van der Waals surface area (Å²) in [5.41, 5.74) is 6.01. The van der Waals surface area contributed by atoms with Crippen molar-refractivity contribution in [3.63, 3.8) is 0 Å². The minimum Gasteiger partial charge on any atom is -0.490 e. The lowest BCUT2D eigenvalue weighted by Crippen LogP contribution is -2.12. The minimum absolute atomic E-state index is 0.0347. The lowest BCUT2D eigenvalue weighted by Gasteiger charge is -2.16. The van der Waals surface area contributed by atoms with Crippen molar-refractivity contribution in [2.75, 3.05) is 18.5 Å². The molecule has 0 radical (unpaired) electrons. The van der Waals surface area contributed by atoms with Crippen molar-refractivity contribution >= 4 is 22.4 Å². The van der Waals surface area contributed by atoms with Gasteiger partial charge in [0.2, 0.25) is 5.91 Å². The Balaban J connectivity index is 1.33. The number of nitrogens with one attached hydrogen (secondary N) is 1. The molecular formula is C28H34N2O3S. The maximum atomic E-state index is 12.6. The van der Waals surface area contributed by atoms with Gasteiger partial charge < -0.3 is 14.8 Å². The summed E-state index contributed by atoms with van der Waals surface area (Å²) in [6.45, 7) is 5.36. The number of amides is 1. The highest BCUT2D eigenvalue weighted by atomic mass is 32.1. The average molecular weight is 479 g/mol. The van der Waals surface area contributed by atoms with Crippen LogP contribution in [0.4, 0.5) is 5.13 Å². The number of carbonyl (C=O) groups is 1. The zero-order valence-electron chi connectivity index (χ0n) is 20.2. The molecule has 0 spiro atoms. The Morgan fingerprint density at radius 2 is 1.88 bits per heavy atom. The number of benzene rings is 2. The summed E-state index contributed by atoms with van der Waals surface area (Å²) in [7, 11) is 0. The predicted molar refractivity (Wildman–Crippen MR) is 139 cm³/mol. The second-order valence-electron chi connectivity index (χ2n) is 8.69. The van der Waals surface area contributed by atoms with Gasteiger partial charge in [0.1, 0.15) is 0 Å². The van der Waals surface area contributed by atoms with Gasteiger partial charge in [-0.05, 0) is 80.3 Å².